The van der Waals surface area contributed by atoms with Crippen LogP contribution in [0, 0.1) is 24.1 Å². The number of aryl methyl sites for hydroxylation is 2. The second-order valence-corrected chi connectivity index (χ2v) is 9.18. The van der Waals surface area contributed by atoms with Crippen LogP contribution in [-0.4, -0.2) is 33.1 Å². The van der Waals surface area contributed by atoms with E-state index in [1.165, 1.54) is 36.1 Å². The summed E-state index contributed by atoms with van der Waals surface area (Å²) in [5.41, 5.74) is 7.55. The molecule has 2 N–H and O–H groups in total. The number of primary amides is 1. The number of halogens is 1. The van der Waals surface area contributed by atoms with E-state index >= 15 is 0 Å². The lowest BCUT2D eigenvalue weighted by atomic mass is 9.96. The first-order valence-electron chi connectivity index (χ1n) is 12.0. The number of amides is 1. The largest absolute Gasteiger partial charge is 0.495 e. The Kier molecular flexibility index (Phi) is 7.72. The second kappa shape index (κ2) is 11.1. The maximum Gasteiger partial charge on any atom is 0.252 e. The number of aromatic nitrogens is 3. The van der Waals surface area contributed by atoms with E-state index in [0.29, 0.717) is 33.7 Å². The fourth-order valence-corrected chi connectivity index (χ4v) is 4.45. The third kappa shape index (κ3) is 5.78. The molecule has 2 aromatic heterocycles. The van der Waals surface area contributed by atoms with Gasteiger partial charge < -0.3 is 15.0 Å². The monoisotopic (exact) mass is 527 g/mol. The molecule has 1 amide bonds. The first-order chi connectivity index (χ1) is 18.6. The summed E-state index contributed by atoms with van der Waals surface area (Å²) < 4.78 is 22.8. The quantitative estimate of drug-likeness (QED) is 0.355. The minimum absolute atomic E-state index is 0.0951. The highest BCUT2D eigenvalue weighted by molar-refractivity contribution is 5.93. The maximum absolute atomic E-state index is 14.4. The van der Waals surface area contributed by atoms with Gasteiger partial charge in [-0.2, -0.15) is 10.4 Å². The Morgan fingerprint density at radius 3 is 2.54 bits per heavy atom. The van der Waals surface area contributed by atoms with E-state index < -0.39 is 23.3 Å². The molecule has 39 heavy (non-hydrogen) atoms. The molecule has 0 radical (unpaired) electrons. The van der Waals surface area contributed by atoms with E-state index in [2.05, 4.69) is 11.2 Å². The number of carbonyl (C=O) groups excluding carboxylic acids is 2. The molecule has 0 spiro atoms. The van der Waals surface area contributed by atoms with Crippen LogP contribution in [0.2, 0.25) is 0 Å². The van der Waals surface area contributed by atoms with Gasteiger partial charge in [-0.25, -0.2) is 4.39 Å². The number of nitrogens with two attached hydrogens (primary N) is 1. The fraction of sp³-hybridized carbons (Fsp3) is 0.207. The van der Waals surface area contributed by atoms with Crippen LogP contribution in [0.4, 0.5) is 4.39 Å². The number of benzene rings is 2. The summed E-state index contributed by atoms with van der Waals surface area (Å²) in [4.78, 5) is 38.5. The third-order valence-electron chi connectivity index (χ3n) is 6.41. The van der Waals surface area contributed by atoms with Gasteiger partial charge in [0, 0.05) is 43.3 Å². The molecule has 198 valence electrons. The number of rotatable bonds is 9. The lowest BCUT2D eigenvalue weighted by molar-refractivity contribution is -0.121. The van der Waals surface area contributed by atoms with Crippen molar-refractivity contribution in [2.45, 2.75) is 25.8 Å². The zero-order valence-electron chi connectivity index (χ0n) is 21.6. The number of carbonyl (C=O) groups is 2. The average Bonchev–Trinajstić information content (AvgIpc) is 3.31. The molecule has 10 heteroatoms. The highest BCUT2D eigenvalue weighted by atomic mass is 19.1. The molecule has 9 nitrogen and oxygen atoms in total. The molecule has 0 fully saturated rings. The Labute approximate surface area is 223 Å². The van der Waals surface area contributed by atoms with Crippen molar-refractivity contribution in [3.63, 3.8) is 0 Å². The van der Waals surface area contributed by atoms with Gasteiger partial charge in [-0.1, -0.05) is 17.7 Å². The molecular weight excluding hydrogens is 501 g/mol. The van der Waals surface area contributed by atoms with Crippen LogP contribution in [0.5, 0.6) is 5.75 Å². The molecule has 4 rings (SSSR count). The van der Waals surface area contributed by atoms with E-state index in [4.69, 9.17) is 10.5 Å². The number of nitrogens with zero attached hydrogens (tertiary/aromatic N) is 4. The molecule has 1 atom stereocenters. The maximum atomic E-state index is 14.4. The Morgan fingerprint density at radius 1 is 1.15 bits per heavy atom. The fourth-order valence-electron chi connectivity index (χ4n) is 4.45. The van der Waals surface area contributed by atoms with Crippen molar-refractivity contribution in [2.24, 2.45) is 12.8 Å². The summed E-state index contributed by atoms with van der Waals surface area (Å²) in [6, 6.07) is 13.3. The molecule has 0 aliphatic heterocycles. The number of ketones is 1. The normalized spacial score (nSPS) is 11.6. The molecule has 0 saturated carbocycles. The lowest BCUT2D eigenvalue weighted by Crippen LogP contribution is -2.32. The van der Waals surface area contributed by atoms with Crippen LogP contribution in [0.15, 0.2) is 65.7 Å². The van der Waals surface area contributed by atoms with Crippen LogP contribution in [0.1, 0.15) is 38.8 Å². The van der Waals surface area contributed by atoms with Gasteiger partial charge in [-0.05, 0) is 42.8 Å². The van der Waals surface area contributed by atoms with Crippen molar-refractivity contribution in [1.29, 1.82) is 5.26 Å². The molecule has 0 aliphatic rings. The van der Waals surface area contributed by atoms with Crippen molar-refractivity contribution in [2.75, 3.05) is 7.11 Å². The summed E-state index contributed by atoms with van der Waals surface area (Å²) in [6.07, 6.45) is 3.06. The summed E-state index contributed by atoms with van der Waals surface area (Å²) in [5.74, 6) is -1.82. The van der Waals surface area contributed by atoms with Gasteiger partial charge in [0.2, 0.25) is 0 Å². The standard InChI is InChI=1S/C29H26FN5O4/c1-17-4-6-19(15-31)22(10-17)23-14-28(37)35(16-27(23)39-3)25(13-20-8-9-34(2)33-20)26(36)12-18-5-7-21(29(32)38)24(30)11-18/h4-11,14,16,25H,12-13H2,1-3H3,(H2,32,38). The molecule has 0 aliphatic carbocycles. The van der Waals surface area contributed by atoms with Crippen LogP contribution in [0.25, 0.3) is 11.1 Å². The smallest absolute Gasteiger partial charge is 0.252 e. The number of Topliss-reactive ketones (excluding diaryl/α,β-unsaturated/α-hetero) is 1. The van der Waals surface area contributed by atoms with Crippen molar-refractivity contribution in [3.05, 3.63) is 105 Å². The Balaban J connectivity index is 1.79. The minimum Gasteiger partial charge on any atom is -0.495 e. The Morgan fingerprint density at radius 2 is 1.92 bits per heavy atom. The van der Waals surface area contributed by atoms with Gasteiger partial charge >= 0.3 is 0 Å². The van der Waals surface area contributed by atoms with Crippen LogP contribution >= 0.6 is 0 Å². The van der Waals surface area contributed by atoms with Gasteiger partial charge in [0.15, 0.2) is 5.78 Å². The Bertz CT molecular complexity index is 1680. The summed E-state index contributed by atoms with van der Waals surface area (Å²) >= 11 is 0. The molecule has 0 bridgehead atoms. The lowest BCUT2D eigenvalue weighted by Gasteiger charge is -2.21. The van der Waals surface area contributed by atoms with Gasteiger partial charge in [0.05, 0.1) is 36.2 Å². The van der Waals surface area contributed by atoms with E-state index in [1.807, 2.05) is 6.92 Å². The Hall–Kier alpha value is -5.04. The van der Waals surface area contributed by atoms with Gasteiger partial charge in [0.1, 0.15) is 17.6 Å². The van der Waals surface area contributed by atoms with Crippen molar-refractivity contribution in [3.8, 4) is 22.9 Å². The van der Waals surface area contributed by atoms with Gasteiger partial charge in [0.25, 0.3) is 11.5 Å². The molecule has 0 saturated heterocycles. The second-order valence-electron chi connectivity index (χ2n) is 9.18. The first kappa shape index (κ1) is 27.0. The predicted molar refractivity (Wildman–Crippen MR) is 142 cm³/mol. The topological polar surface area (TPSA) is 133 Å². The van der Waals surface area contributed by atoms with E-state index in [-0.39, 0.29) is 24.2 Å². The predicted octanol–water partition coefficient (Wildman–Crippen LogP) is 3.27. The van der Waals surface area contributed by atoms with Gasteiger partial charge in [-0.3, -0.25) is 19.1 Å². The number of hydrogen-bond donors (Lipinski definition) is 1. The summed E-state index contributed by atoms with van der Waals surface area (Å²) in [6.45, 7) is 1.87. The average molecular weight is 528 g/mol. The highest BCUT2D eigenvalue weighted by Crippen LogP contribution is 2.32. The van der Waals surface area contributed by atoms with Crippen molar-refractivity contribution >= 4 is 11.7 Å². The van der Waals surface area contributed by atoms with Crippen LogP contribution < -0.4 is 16.0 Å². The molecule has 4 aromatic rings. The van der Waals surface area contributed by atoms with Crippen LogP contribution in [-0.2, 0) is 24.7 Å². The van der Waals surface area contributed by atoms with Crippen molar-refractivity contribution in [1.82, 2.24) is 14.3 Å². The number of pyridine rings is 1. The minimum atomic E-state index is -0.998. The van der Waals surface area contributed by atoms with E-state index in [1.54, 1.807) is 42.2 Å². The summed E-state index contributed by atoms with van der Waals surface area (Å²) in [7, 11) is 3.18. The zero-order chi connectivity index (χ0) is 28.3. The summed E-state index contributed by atoms with van der Waals surface area (Å²) in [5, 5.41) is 14.0. The number of methoxy groups -OCH3 is 1. The number of hydrogen-bond acceptors (Lipinski definition) is 6. The zero-order valence-corrected chi connectivity index (χ0v) is 21.6. The van der Waals surface area contributed by atoms with Crippen LogP contribution in [0.3, 0.4) is 0 Å². The molecular formula is C29H26FN5O4. The molecule has 2 heterocycles. The molecule has 1 unspecified atom stereocenters. The number of nitriles is 1. The SMILES string of the molecule is COc1cn(C(Cc2ccn(C)n2)C(=O)Cc2ccc(C(N)=O)c(F)c2)c(=O)cc1-c1cc(C)ccc1C#N. The first-order valence-corrected chi connectivity index (χ1v) is 12.0. The molecule has 2 aromatic carbocycles. The third-order valence-corrected chi connectivity index (χ3v) is 6.41. The van der Waals surface area contributed by atoms with E-state index in [9.17, 15) is 24.0 Å². The number of ether oxygens (including phenoxy) is 1. The van der Waals surface area contributed by atoms with Crippen molar-refractivity contribution < 1.29 is 18.7 Å². The van der Waals surface area contributed by atoms with Gasteiger partial charge in [-0.15, -0.1) is 0 Å². The van der Waals surface area contributed by atoms with E-state index in [0.717, 1.165) is 11.6 Å². The highest BCUT2D eigenvalue weighted by Gasteiger charge is 2.26.